The second-order valence-electron chi connectivity index (χ2n) is 15.0. The molecule has 0 radical (unpaired) electrons. The van der Waals surface area contributed by atoms with Gasteiger partial charge in [0.2, 0.25) is 23.5 Å². The molecule has 1 aromatic carbocycles. The smallest absolute Gasteiger partial charge is 0.289 e. The molecule has 3 aliphatic rings. The SMILES string of the molecule is CCC[C@H](NC(=O)[C@@H]1C[C@]2(CC(c3cccc(Cl)c3)=NO2)CN1C(=O)[C@@H](NC(=O)C(C)Cn1ccc(C)n1)C(C)(C)C)C(=O)C(=O)NC1CC1. The first-order valence-electron chi connectivity index (χ1n) is 17.4. The van der Waals surface area contributed by atoms with E-state index in [-0.39, 0.29) is 31.3 Å². The van der Waals surface area contributed by atoms with Gasteiger partial charge in [0.15, 0.2) is 5.60 Å². The maximum atomic E-state index is 14.6. The van der Waals surface area contributed by atoms with Gasteiger partial charge in [0.05, 0.1) is 36.5 Å². The molecule has 4 amide bonds. The Morgan fingerprint density at radius 3 is 2.48 bits per heavy atom. The van der Waals surface area contributed by atoms with Crippen molar-refractivity contribution < 1.29 is 28.8 Å². The van der Waals surface area contributed by atoms with Crippen LogP contribution in [0, 0.1) is 18.3 Å². The average Bonchev–Trinajstić information content (AvgIpc) is 3.44. The Morgan fingerprint density at radius 1 is 1.12 bits per heavy atom. The molecule has 50 heavy (non-hydrogen) atoms. The number of Topliss-reactive ketones (excluding diaryl/α,β-unsaturated/α-hetero) is 1. The lowest BCUT2D eigenvalue weighted by Crippen LogP contribution is -2.59. The minimum absolute atomic E-state index is 0.0105. The zero-order chi connectivity index (χ0) is 36.4. The Morgan fingerprint density at radius 2 is 1.86 bits per heavy atom. The molecule has 14 heteroatoms. The molecule has 2 aliphatic heterocycles. The molecule has 3 heterocycles. The lowest BCUT2D eigenvalue weighted by atomic mass is 9.85. The normalized spacial score (nSPS) is 21.9. The molecule has 1 aromatic heterocycles. The number of nitrogens with zero attached hydrogens (tertiary/aromatic N) is 4. The van der Waals surface area contributed by atoms with E-state index in [1.165, 1.54) is 4.90 Å². The third kappa shape index (κ3) is 8.72. The zero-order valence-corrected chi connectivity index (χ0v) is 30.4. The fraction of sp³-hybridized carbons (Fsp3) is 0.583. The van der Waals surface area contributed by atoms with Crippen molar-refractivity contribution in [2.75, 3.05) is 6.54 Å². The summed E-state index contributed by atoms with van der Waals surface area (Å²) in [4.78, 5) is 75.7. The molecule has 3 N–H and O–H groups in total. The van der Waals surface area contributed by atoms with Crippen LogP contribution in [0.15, 0.2) is 41.7 Å². The highest BCUT2D eigenvalue weighted by atomic mass is 35.5. The summed E-state index contributed by atoms with van der Waals surface area (Å²) in [6, 6.07) is 5.89. The van der Waals surface area contributed by atoms with Gasteiger partial charge in [-0.1, -0.05) is 69.9 Å². The number of aryl methyl sites for hydroxylation is 1. The van der Waals surface area contributed by atoms with Gasteiger partial charge in [-0.05, 0) is 49.8 Å². The first-order chi connectivity index (χ1) is 23.6. The highest BCUT2D eigenvalue weighted by Gasteiger charge is 2.55. The largest absolute Gasteiger partial charge is 0.387 e. The molecule has 0 bridgehead atoms. The maximum Gasteiger partial charge on any atom is 0.289 e. The highest BCUT2D eigenvalue weighted by molar-refractivity contribution is 6.38. The molecule has 270 valence electrons. The number of oxime groups is 1. The summed E-state index contributed by atoms with van der Waals surface area (Å²) in [6.07, 6.45) is 4.61. The van der Waals surface area contributed by atoms with Crippen LogP contribution in [0.5, 0.6) is 0 Å². The van der Waals surface area contributed by atoms with Gasteiger partial charge in [0.25, 0.3) is 5.91 Å². The first-order valence-corrected chi connectivity index (χ1v) is 17.7. The molecule has 1 aliphatic carbocycles. The second-order valence-corrected chi connectivity index (χ2v) is 15.5. The van der Waals surface area contributed by atoms with Crippen molar-refractivity contribution in [3.05, 3.63) is 52.8 Å². The number of benzene rings is 1. The predicted molar refractivity (Wildman–Crippen MR) is 187 cm³/mol. The minimum Gasteiger partial charge on any atom is -0.387 e. The van der Waals surface area contributed by atoms with E-state index in [2.05, 4.69) is 26.2 Å². The highest BCUT2D eigenvalue weighted by Crippen LogP contribution is 2.40. The standard InChI is InChI=1S/C36H48ClN7O6/c1-7-9-26(29(45)33(48)38-25-12-13-25)39-32(47)28-18-36(17-27(42-50-36)23-10-8-11-24(37)16-23)20-44(28)34(49)30(35(4,5)6)40-31(46)21(2)19-43-15-14-22(3)41-43/h8,10-11,14-16,21,25-26,28,30H,7,9,12-13,17-20H2,1-6H3,(H,38,48)(H,39,47)(H,40,46)/t21?,26-,28-,30+,36+/m0/s1. The summed E-state index contributed by atoms with van der Waals surface area (Å²) in [7, 11) is 0. The second kappa shape index (κ2) is 14.9. The van der Waals surface area contributed by atoms with Crippen LogP contribution in [0.2, 0.25) is 5.02 Å². The number of carbonyl (C=O) groups is 5. The number of carbonyl (C=O) groups excluding carboxylic acids is 5. The van der Waals surface area contributed by atoms with Gasteiger partial charge in [-0.15, -0.1) is 0 Å². The van der Waals surface area contributed by atoms with Crippen molar-refractivity contribution in [2.24, 2.45) is 16.5 Å². The summed E-state index contributed by atoms with van der Waals surface area (Å²) in [6.45, 7) is 11.4. The van der Waals surface area contributed by atoms with E-state index >= 15 is 0 Å². The monoisotopic (exact) mass is 709 g/mol. The molecule has 2 fully saturated rings. The van der Waals surface area contributed by atoms with Crippen LogP contribution < -0.4 is 16.0 Å². The Bertz CT molecular complexity index is 1660. The van der Waals surface area contributed by atoms with Gasteiger partial charge in [-0.2, -0.15) is 5.10 Å². The van der Waals surface area contributed by atoms with Crippen molar-refractivity contribution in [1.29, 1.82) is 0 Å². The van der Waals surface area contributed by atoms with Crippen LogP contribution >= 0.6 is 11.6 Å². The van der Waals surface area contributed by atoms with Crippen LogP contribution in [0.1, 0.15) is 84.4 Å². The van der Waals surface area contributed by atoms with Gasteiger partial charge in [-0.25, -0.2) is 0 Å². The summed E-state index contributed by atoms with van der Waals surface area (Å²) in [5.74, 6) is -3.33. The average molecular weight is 710 g/mol. The molecule has 1 saturated carbocycles. The van der Waals surface area contributed by atoms with Crippen LogP contribution in [-0.4, -0.2) is 86.1 Å². The molecular formula is C36H48ClN7O6. The van der Waals surface area contributed by atoms with Crippen LogP contribution in [-0.2, 0) is 35.4 Å². The Hall–Kier alpha value is -4.26. The summed E-state index contributed by atoms with van der Waals surface area (Å²) in [5.41, 5.74) is 0.430. The van der Waals surface area contributed by atoms with Crippen molar-refractivity contribution in [3.8, 4) is 0 Å². The Labute approximate surface area is 297 Å². The first kappa shape index (κ1) is 37.0. The third-order valence-electron chi connectivity index (χ3n) is 9.41. The quantitative estimate of drug-likeness (QED) is 0.269. The number of likely N-dealkylation sites (tertiary alicyclic amines) is 1. The number of hydrogen-bond donors (Lipinski definition) is 3. The minimum atomic E-state index is -1.07. The summed E-state index contributed by atoms with van der Waals surface area (Å²) < 4.78 is 1.69. The molecule has 2 aromatic rings. The van der Waals surface area contributed by atoms with E-state index in [1.54, 1.807) is 36.0 Å². The lowest BCUT2D eigenvalue weighted by Gasteiger charge is -2.36. The summed E-state index contributed by atoms with van der Waals surface area (Å²) in [5, 5.41) is 17.7. The van der Waals surface area contributed by atoms with Gasteiger partial charge in [0.1, 0.15) is 12.1 Å². The van der Waals surface area contributed by atoms with E-state index in [4.69, 9.17) is 16.4 Å². The number of aromatic nitrogens is 2. The number of ketones is 1. The maximum absolute atomic E-state index is 14.6. The van der Waals surface area contributed by atoms with Gasteiger partial charge in [0, 0.05) is 35.7 Å². The number of hydrogen-bond acceptors (Lipinski definition) is 8. The molecule has 13 nitrogen and oxygen atoms in total. The predicted octanol–water partition coefficient (Wildman–Crippen LogP) is 3.31. The van der Waals surface area contributed by atoms with E-state index < -0.39 is 58.6 Å². The molecule has 1 saturated heterocycles. The van der Waals surface area contributed by atoms with Crippen LogP contribution in [0.3, 0.4) is 0 Å². The molecule has 1 unspecified atom stereocenters. The van der Waals surface area contributed by atoms with Gasteiger partial charge < -0.3 is 25.7 Å². The van der Waals surface area contributed by atoms with Gasteiger partial charge >= 0.3 is 0 Å². The topological polar surface area (TPSA) is 164 Å². The molecular weight excluding hydrogens is 662 g/mol. The van der Waals surface area contributed by atoms with Gasteiger partial charge in [-0.3, -0.25) is 28.7 Å². The van der Waals surface area contributed by atoms with Crippen molar-refractivity contribution >= 4 is 46.7 Å². The van der Waals surface area contributed by atoms with Crippen LogP contribution in [0.4, 0.5) is 0 Å². The van der Waals surface area contributed by atoms with E-state index in [0.717, 1.165) is 24.1 Å². The van der Waals surface area contributed by atoms with Crippen LogP contribution in [0.25, 0.3) is 0 Å². The van der Waals surface area contributed by atoms with Crippen molar-refractivity contribution in [1.82, 2.24) is 30.6 Å². The Balaban J connectivity index is 1.39. The summed E-state index contributed by atoms with van der Waals surface area (Å²) >= 11 is 6.25. The number of rotatable bonds is 13. The third-order valence-corrected chi connectivity index (χ3v) is 9.65. The van der Waals surface area contributed by atoms with E-state index in [1.807, 2.05) is 46.8 Å². The Kier molecular flexibility index (Phi) is 11.0. The number of amides is 4. The van der Waals surface area contributed by atoms with Crippen molar-refractivity contribution in [3.63, 3.8) is 0 Å². The fourth-order valence-corrected chi connectivity index (χ4v) is 6.64. The molecule has 1 spiro atoms. The number of halogens is 1. The van der Waals surface area contributed by atoms with E-state index in [9.17, 15) is 24.0 Å². The molecule has 5 atom stereocenters. The van der Waals surface area contributed by atoms with Crippen molar-refractivity contribution in [2.45, 2.75) is 116 Å². The zero-order valence-electron chi connectivity index (χ0n) is 29.6. The fourth-order valence-electron chi connectivity index (χ4n) is 6.45. The molecule has 5 rings (SSSR count). The van der Waals surface area contributed by atoms with E-state index in [0.29, 0.717) is 30.1 Å². The number of nitrogens with one attached hydrogen (secondary N) is 3. The lowest BCUT2D eigenvalue weighted by molar-refractivity contribution is -0.145.